The van der Waals surface area contributed by atoms with Gasteiger partial charge in [-0.2, -0.15) is 61.4 Å². The van der Waals surface area contributed by atoms with Crippen LogP contribution in [0.4, 0.5) is 0 Å². The lowest BCUT2D eigenvalue weighted by molar-refractivity contribution is 1.15. The summed E-state index contributed by atoms with van der Waals surface area (Å²) in [4.78, 5) is 0. The van der Waals surface area contributed by atoms with E-state index >= 15 is 0 Å². The Kier molecular flexibility index (Phi) is 18.1. The zero-order chi connectivity index (χ0) is 9.23. The number of thiol groups is 3. The fraction of sp³-hybridized carbons (Fsp3) is 1.00. The van der Waals surface area contributed by atoms with Gasteiger partial charge in [-0.05, 0) is 11.5 Å². The van der Waals surface area contributed by atoms with Gasteiger partial charge in [0.25, 0.3) is 0 Å². The van der Waals surface area contributed by atoms with Crippen molar-refractivity contribution in [3.63, 3.8) is 0 Å². The van der Waals surface area contributed by atoms with Crippen LogP contribution < -0.4 is 0 Å². The summed E-state index contributed by atoms with van der Waals surface area (Å²) in [7, 11) is 0. The molecule has 0 amide bonds. The van der Waals surface area contributed by atoms with Crippen LogP contribution in [0.15, 0.2) is 0 Å². The van der Waals surface area contributed by atoms with Crippen LogP contribution in [0.1, 0.15) is 7.43 Å². The average molecular weight is 277 g/mol. The largest absolute Gasteiger partial charge is 0.179 e. The fourth-order valence-electron chi connectivity index (χ4n) is 0.652. The van der Waals surface area contributed by atoms with Crippen LogP contribution in [0.5, 0.6) is 0 Å². The van der Waals surface area contributed by atoms with Gasteiger partial charge in [0.15, 0.2) is 0 Å². The molecule has 0 aliphatic carbocycles. The Morgan fingerprint density at radius 2 is 1.62 bits per heavy atom. The second kappa shape index (κ2) is 13.8. The van der Waals surface area contributed by atoms with Crippen molar-refractivity contribution in [1.29, 1.82) is 0 Å². The molecule has 0 heterocycles. The van der Waals surface area contributed by atoms with Gasteiger partial charge < -0.3 is 0 Å². The predicted octanol–water partition coefficient (Wildman–Crippen LogP) is 3.25. The molecule has 0 nitrogen and oxygen atoms in total. The third-order valence-electron chi connectivity index (χ3n) is 1.19. The standard InChI is InChI=1S/C7H16S5.CH4/c8-1-3-11-6-7(5-10)12-4-2-9;/h7-10H,1-6H2;1H4. The quantitative estimate of drug-likeness (QED) is 0.460. The first-order chi connectivity index (χ1) is 5.85. The van der Waals surface area contributed by atoms with Crippen LogP contribution in [-0.4, -0.2) is 39.8 Å². The maximum absolute atomic E-state index is 4.31. The van der Waals surface area contributed by atoms with E-state index in [9.17, 15) is 0 Å². The summed E-state index contributed by atoms with van der Waals surface area (Å²) in [5.74, 6) is 6.39. The van der Waals surface area contributed by atoms with E-state index in [0.29, 0.717) is 5.25 Å². The van der Waals surface area contributed by atoms with E-state index < -0.39 is 0 Å². The molecular weight excluding hydrogens is 256 g/mol. The highest BCUT2D eigenvalue weighted by Crippen LogP contribution is 2.18. The maximum atomic E-state index is 4.31. The lowest BCUT2D eigenvalue weighted by Crippen LogP contribution is -2.10. The third-order valence-corrected chi connectivity index (χ3v) is 5.51. The van der Waals surface area contributed by atoms with E-state index in [2.05, 4.69) is 37.9 Å². The van der Waals surface area contributed by atoms with E-state index in [-0.39, 0.29) is 7.43 Å². The summed E-state index contributed by atoms with van der Waals surface area (Å²) in [6.07, 6.45) is 0. The normalized spacial score (nSPS) is 12.2. The van der Waals surface area contributed by atoms with Crippen molar-refractivity contribution in [2.75, 3.05) is 34.5 Å². The van der Waals surface area contributed by atoms with Crippen LogP contribution in [0, 0.1) is 0 Å². The molecule has 0 fully saturated rings. The molecule has 0 aromatic heterocycles. The molecule has 1 unspecified atom stereocenters. The Bertz CT molecular complexity index is 88.6. The molecular formula is C8H20S5. The number of hydrogen-bond acceptors (Lipinski definition) is 5. The second-order valence-electron chi connectivity index (χ2n) is 2.20. The molecule has 0 spiro atoms. The lowest BCUT2D eigenvalue weighted by Gasteiger charge is -2.12. The first-order valence-corrected chi connectivity index (χ1v) is 7.97. The zero-order valence-corrected chi connectivity index (χ0v) is 11.3. The molecule has 82 valence electrons. The summed E-state index contributed by atoms with van der Waals surface area (Å²) < 4.78 is 0. The molecule has 5 heteroatoms. The molecule has 0 bridgehead atoms. The minimum absolute atomic E-state index is 0. The van der Waals surface area contributed by atoms with Crippen molar-refractivity contribution < 1.29 is 0 Å². The Morgan fingerprint density at radius 3 is 2.08 bits per heavy atom. The van der Waals surface area contributed by atoms with Crippen LogP contribution >= 0.6 is 61.4 Å². The Labute approximate surface area is 108 Å². The smallest absolute Gasteiger partial charge is 0.0226 e. The van der Waals surface area contributed by atoms with Crippen LogP contribution in [0.2, 0.25) is 0 Å². The highest BCUT2D eigenvalue weighted by molar-refractivity contribution is 8.04. The summed E-state index contributed by atoms with van der Waals surface area (Å²) in [6.45, 7) is 0. The summed E-state index contributed by atoms with van der Waals surface area (Å²) in [6, 6.07) is 0. The summed E-state index contributed by atoms with van der Waals surface area (Å²) >= 11 is 16.6. The van der Waals surface area contributed by atoms with Gasteiger partial charge in [-0.15, -0.1) is 0 Å². The summed E-state index contributed by atoms with van der Waals surface area (Å²) in [5, 5.41) is 0.686. The molecule has 0 aromatic rings. The van der Waals surface area contributed by atoms with Gasteiger partial charge in [0.05, 0.1) is 0 Å². The van der Waals surface area contributed by atoms with Crippen molar-refractivity contribution >= 4 is 61.4 Å². The van der Waals surface area contributed by atoms with E-state index in [1.807, 2.05) is 23.5 Å². The van der Waals surface area contributed by atoms with Crippen molar-refractivity contribution in [3.05, 3.63) is 0 Å². The van der Waals surface area contributed by atoms with E-state index in [1.54, 1.807) is 0 Å². The van der Waals surface area contributed by atoms with Crippen LogP contribution in [0.3, 0.4) is 0 Å². The summed E-state index contributed by atoms with van der Waals surface area (Å²) in [5.41, 5.74) is 0. The molecule has 0 aromatic carbocycles. The maximum Gasteiger partial charge on any atom is 0.0226 e. The zero-order valence-electron chi connectivity index (χ0n) is 6.98. The molecule has 0 aliphatic rings. The number of rotatable bonds is 8. The highest BCUT2D eigenvalue weighted by atomic mass is 32.2. The van der Waals surface area contributed by atoms with Gasteiger partial charge in [-0.25, -0.2) is 0 Å². The minimum atomic E-state index is 0. The van der Waals surface area contributed by atoms with Gasteiger partial charge in [-0.3, -0.25) is 0 Å². The van der Waals surface area contributed by atoms with Crippen LogP contribution in [0.25, 0.3) is 0 Å². The lowest BCUT2D eigenvalue weighted by atomic mass is 10.5. The van der Waals surface area contributed by atoms with Gasteiger partial charge in [0.1, 0.15) is 0 Å². The molecule has 0 saturated heterocycles. The van der Waals surface area contributed by atoms with E-state index in [4.69, 9.17) is 0 Å². The molecule has 0 radical (unpaired) electrons. The minimum Gasteiger partial charge on any atom is -0.179 e. The van der Waals surface area contributed by atoms with Crippen LogP contribution in [-0.2, 0) is 0 Å². The molecule has 13 heavy (non-hydrogen) atoms. The van der Waals surface area contributed by atoms with Crippen molar-refractivity contribution in [1.82, 2.24) is 0 Å². The second-order valence-corrected chi connectivity index (χ2v) is 6.02. The average Bonchev–Trinajstić information content (AvgIpc) is 2.11. The van der Waals surface area contributed by atoms with E-state index in [1.165, 1.54) is 5.75 Å². The molecule has 0 rings (SSSR count). The Hall–Kier alpha value is 1.75. The predicted molar refractivity (Wildman–Crippen MR) is 81.9 cm³/mol. The van der Waals surface area contributed by atoms with E-state index in [0.717, 1.165) is 28.8 Å². The fourth-order valence-corrected chi connectivity index (χ4v) is 3.87. The Balaban J connectivity index is 0. The third kappa shape index (κ3) is 11.7. The van der Waals surface area contributed by atoms with Crippen molar-refractivity contribution in [2.24, 2.45) is 0 Å². The number of thioether (sulfide) groups is 2. The topological polar surface area (TPSA) is 0 Å². The first kappa shape index (κ1) is 17.2. The Morgan fingerprint density at radius 1 is 1.00 bits per heavy atom. The van der Waals surface area contributed by atoms with Crippen molar-refractivity contribution in [3.8, 4) is 0 Å². The molecule has 1 atom stereocenters. The van der Waals surface area contributed by atoms with Gasteiger partial charge >= 0.3 is 0 Å². The first-order valence-electron chi connectivity index (χ1n) is 3.87. The molecule has 0 aliphatic heterocycles. The SMILES string of the molecule is C.SCCSCC(CS)SCCS. The van der Waals surface area contributed by atoms with Gasteiger partial charge in [-0.1, -0.05) is 7.43 Å². The van der Waals surface area contributed by atoms with Gasteiger partial charge in [0, 0.05) is 28.3 Å². The number of hydrogen-bond donors (Lipinski definition) is 3. The monoisotopic (exact) mass is 276 g/mol. The van der Waals surface area contributed by atoms with Crippen molar-refractivity contribution in [2.45, 2.75) is 12.7 Å². The van der Waals surface area contributed by atoms with Gasteiger partial charge in [0.2, 0.25) is 0 Å². The molecule has 0 saturated carbocycles. The molecule has 0 N–H and O–H groups in total. The highest BCUT2D eigenvalue weighted by Gasteiger charge is 2.05.